The number of hydroxylamine groups is 1. The highest BCUT2D eigenvalue weighted by Gasteiger charge is 2.13. The summed E-state index contributed by atoms with van der Waals surface area (Å²) in [6.07, 6.45) is 5.49. The predicted octanol–water partition coefficient (Wildman–Crippen LogP) is 5.60. The third-order valence-electron chi connectivity index (χ3n) is 4.86. The molecule has 0 heterocycles. The number of hydrogen-bond donors (Lipinski definition) is 2. The van der Waals surface area contributed by atoms with Gasteiger partial charge in [-0.25, -0.2) is 0 Å². The Balaban J connectivity index is 0.000000524. The lowest BCUT2D eigenvalue weighted by atomic mass is 10.1. The third kappa shape index (κ3) is 12.7. The first-order chi connectivity index (χ1) is 18.2. The van der Waals surface area contributed by atoms with Crippen molar-refractivity contribution in [3.8, 4) is 11.5 Å². The summed E-state index contributed by atoms with van der Waals surface area (Å²) >= 11 is 0. The Labute approximate surface area is 228 Å². The van der Waals surface area contributed by atoms with Gasteiger partial charge in [0.1, 0.15) is 11.5 Å². The number of aryl methyl sites for hydroxylation is 2. The van der Waals surface area contributed by atoms with E-state index < -0.39 is 10.1 Å². The average molecular weight is 544 g/mol. The molecule has 0 radical (unpaired) electrons. The van der Waals surface area contributed by atoms with Crippen molar-refractivity contribution in [3.05, 3.63) is 114 Å². The maximum absolute atomic E-state index is 11.3. The topological polar surface area (TPSA) is 94.1 Å². The molecular weight excluding hydrogens is 502 g/mol. The average Bonchev–Trinajstić information content (AvgIpc) is 2.92. The molecule has 0 saturated heterocycles. The second-order valence-corrected chi connectivity index (χ2v) is 9.21. The van der Waals surface area contributed by atoms with Gasteiger partial charge in [0.15, 0.2) is 0 Å². The van der Waals surface area contributed by atoms with Gasteiger partial charge in [-0.1, -0.05) is 65.7 Å². The zero-order valence-corrected chi connectivity index (χ0v) is 24.0. The molecule has 0 fully saturated rings. The molecule has 0 unspecified atom stereocenters. The standard InChI is InChI=1S/C11H14O.C10H12O.C8H11NO3S.CH4O/c1-4-5-10-8-9(2)6-7-11(10)12-3;1-3-6-9-7-4-5-8-10(9)11-2;1-7-3-5-8(6-4-7)13(10,11)12-9-2;1-2/h4,6-8H,1,5H2,2-3H3;3-5,7-8H,1,6H2,2H3;3-6,9H,1-2H3;2H,1H3. The molecule has 3 rings (SSSR count). The lowest BCUT2D eigenvalue weighted by Gasteiger charge is -2.06. The van der Waals surface area contributed by atoms with Crippen LogP contribution < -0.4 is 15.0 Å². The van der Waals surface area contributed by atoms with Crippen LogP contribution in [0.4, 0.5) is 0 Å². The molecule has 0 aliphatic carbocycles. The fourth-order valence-corrected chi connectivity index (χ4v) is 3.90. The van der Waals surface area contributed by atoms with Crippen molar-refractivity contribution < 1.29 is 27.3 Å². The summed E-state index contributed by atoms with van der Waals surface area (Å²) in [7, 11) is 2.13. The highest BCUT2D eigenvalue weighted by molar-refractivity contribution is 7.86. The molecule has 3 aromatic carbocycles. The number of benzene rings is 3. The van der Waals surface area contributed by atoms with Gasteiger partial charge in [0.2, 0.25) is 0 Å². The molecule has 2 N–H and O–H groups in total. The van der Waals surface area contributed by atoms with Gasteiger partial charge in [0, 0.05) is 14.2 Å². The number of hydrogen-bond acceptors (Lipinski definition) is 7. The number of aliphatic hydroxyl groups excluding tert-OH is 1. The van der Waals surface area contributed by atoms with Crippen LogP contribution in [0.2, 0.25) is 0 Å². The van der Waals surface area contributed by atoms with E-state index in [4.69, 9.17) is 14.6 Å². The lowest BCUT2D eigenvalue weighted by Crippen LogP contribution is -2.15. The summed E-state index contributed by atoms with van der Waals surface area (Å²) in [6.45, 7) is 11.3. The number of methoxy groups -OCH3 is 2. The van der Waals surface area contributed by atoms with Crippen LogP contribution in [0.5, 0.6) is 11.5 Å². The van der Waals surface area contributed by atoms with Crippen LogP contribution in [0.3, 0.4) is 0 Å². The number of ether oxygens (including phenoxy) is 2. The summed E-state index contributed by atoms with van der Waals surface area (Å²) < 4.78 is 37.3. The largest absolute Gasteiger partial charge is 0.496 e. The van der Waals surface area contributed by atoms with E-state index in [2.05, 4.69) is 35.9 Å². The number of para-hydroxylation sites is 1. The number of nitrogens with one attached hydrogen (secondary N) is 1. The summed E-state index contributed by atoms with van der Waals surface area (Å²) in [4.78, 5) is 0.146. The van der Waals surface area contributed by atoms with Crippen molar-refractivity contribution in [1.29, 1.82) is 0 Å². The fraction of sp³-hybridized carbons (Fsp3) is 0.267. The maximum Gasteiger partial charge on any atom is 0.312 e. The first kappa shape index (κ1) is 34.6. The van der Waals surface area contributed by atoms with Gasteiger partial charge in [-0.3, -0.25) is 0 Å². The summed E-state index contributed by atoms with van der Waals surface area (Å²) in [5.74, 6) is 1.88. The van der Waals surface area contributed by atoms with E-state index in [9.17, 15) is 8.42 Å². The first-order valence-corrected chi connectivity index (χ1v) is 13.2. The van der Waals surface area contributed by atoms with Gasteiger partial charge in [0.05, 0.1) is 19.1 Å². The van der Waals surface area contributed by atoms with E-state index in [-0.39, 0.29) is 4.90 Å². The van der Waals surface area contributed by atoms with Crippen molar-refractivity contribution in [1.82, 2.24) is 5.48 Å². The van der Waals surface area contributed by atoms with Crippen LogP contribution in [0.1, 0.15) is 22.3 Å². The molecule has 0 atom stereocenters. The fourth-order valence-electron chi connectivity index (χ4n) is 3.11. The highest BCUT2D eigenvalue weighted by Crippen LogP contribution is 2.20. The zero-order chi connectivity index (χ0) is 29.0. The van der Waals surface area contributed by atoms with Crippen molar-refractivity contribution >= 4 is 10.1 Å². The summed E-state index contributed by atoms with van der Waals surface area (Å²) in [5.41, 5.74) is 6.78. The van der Waals surface area contributed by atoms with Gasteiger partial charge >= 0.3 is 10.1 Å². The second-order valence-electron chi connectivity index (χ2n) is 7.67. The molecule has 0 saturated carbocycles. The van der Waals surface area contributed by atoms with Crippen LogP contribution >= 0.6 is 0 Å². The Kier molecular flexibility index (Phi) is 17.9. The van der Waals surface area contributed by atoms with Crippen molar-refractivity contribution in [2.75, 3.05) is 28.4 Å². The molecule has 0 aliphatic heterocycles. The second kappa shape index (κ2) is 19.7. The minimum atomic E-state index is -3.64. The quantitative estimate of drug-likeness (QED) is 0.268. The van der Waals surface area contributed by atoms with E-state index in [1.54, 1.807) is 26.4 Å². The van der Waals surface area contributed by atoms with E-state index in [0.717, 1.165) is 37.0 Å². The Morgan fingerprint density at radius 2 is 1.29 bits per heavy atom. The smallest absolute Gasteiger partial charge is 0.312 e. The molecule has 8 heteroatoms. The van der Waals surface area contributed by atoms with Gasteiger partial charge in [0.25, 0.3) is 0 Å². The Bertz CT molecular complexity index is 1190. The molecule has 3 aromatic rings. The van der Waals surface area contributed by atoms with Gasteiger partial charge in [-0.15, -0.1) is 13.2 Å². The monoisotopic (exact) mass is 543 g/mol. The minimum absolute atomic E-state index is 0.146. The van der Waals surface area contributed by atoms with Crippen molar-refractivity contribution in [2.24, 2.45) is 0 Å². The number of allylic oxidation sites excluding steroid dienone is 2. The first-order valence-electron chi connectivity index (χ1n) is 11.8. The SMILES string of the molecule is C=CCc1cc(C)ccc1OC.C=CCc1ccccc1OC.CNOS(=O)(=O)c1ccc(C)cc1.CO. The van der Waals surface area contributed by atoms with Crippen LogP contribution in [0.25, 0.3) is 0 Å². The highest BCUT2D eigenvalue weighted by atomic mass is 32.2. The van der Waals surface area contributed by atoms with Crippen LogP contribution in [-0.4, -0.2) is 41.9 Å². The van der Waals surface area contributed by atoms with Crippen LogP contribution in [-0.2, 0) is 27.2 Å². The van der Waals surface area contributed by atoms with E-state index in [1.165, 1.54) is 35.9 Å². The van der Waals surface area contributed by atoms with Crippen LogP contribution in [0.15, 0.2) is 96.9 Å². The van der Waals surface area contributed by atoms with Crippen LogP contribution in [0, 0.1) is 13.8 Å². The molecule has 0 bridgehead atoms. The lowest BCUT2D eigenvalue weighted by molar-refractivity contribution is 0.231. The Morgan fingerprint density at radius 1 is 0.789 bits per heavy atom. The van der Waals surface area contributed by atoms with Crippen molar-refractivity contribution in [3.63, 3.8) is 0 Å². The number of aliphatic hydroxyl groups is 1. The molecule has 0 aliphatic rings. The van der Waals surface area contributed by atoms with Gasteiger partial charge in [-0.05, 0) is 62.1 Å². The van der Waals surface area contributed by atoms with Gasteiger partial charge < -0.3 is 14.6 Å². The zero-order valence-electron chi connectivity index (χ0n) is 23.2. The van der Waals surface area contributed by atoms with E-state index in [1.807, 2.05) is 55.5 Å². The molecule has 7 nitrogen and oxygen atoms in total. The van der Waals surface area contributed by atoms with E-state index >= 15 is 0 Å². The molecule has 0 amide bonds. The maximum atomic E-state index is 11.3. The minimum Gasteiger partial charge on any atom is -0.496 e. The Hall–Kier alpha value is -3.43. The summed E-state index contributed by atoms with van der Waals surface area (Å²) in [6, 6.07) is 20.6. The molecule has 0 aromatic heterocycles. The van der Waals surface area contributed by atoms with Crippen molar-refractivity contribution in [2.45, 2.75) is 31.6 Å². The molecular formula is C30H41NO6S. The van der Waals surface area contributed by atoms with Gasteiger partial charge in [-0.2, -0.15) is 18.2 Å². The Morgan fingerprint density at radius 3 is 1.82 bits per heavy atom. The summed E-state index contributed by atoms with van der Waals surface area (Å²) in [5, 5.41) is 7.00. The normalized spacial score (nSPS) is 9.76. The molecule has 0 spiro atoms. The molecule has 38 heavy (non-hydrogen) atoms. The predicted molar refractivity (Wildman–Crippen MR) is 155 cm³/mol. The molecule has 208 valence electrons. The van der Waals surface area contributed by atoms with E-state index in [0.29, 0.717) is 0 Å². The number of rotatable bonds is 9. The third-order valence-corrected chi connectivity index (χ3v) is 6.10.